The Bertz CT molecular complexity index is 943. The number of hydrogen-bond acceptors (Lipinski definition) is 6. The summed E-state index contributed by atoms with van der Waals surface area (Å²) in [6.45, 7) is 2.03. The maximum atomic E-state index is 5.33. The molecule has 0 unspecified atom stereocenters. The Morgan fingerprint density at radius 1 is 0.958 bits per heavy atom. The number of aryl methyl sites for hydroxylation is 1. The second kappa shape index (κ2) is 6.04. The highest BCUT2D eigenvalue weighted by Crippen LogP contribution is 2.23. The molecule has 1 N–H and O–H groups in total. The fraction of sp³-hybridized carbons (Fsp3) is 0.118. The Kier molecular flexibility index (Phi) is 3.59. The van der Waals surface area contributed by atoms with E-state index in [0.717, 1.165) is 23.4 Å². The van der Waals surface area contributed by atoms with E-state index >= 15 is 0 Å². The number of aromatic amines is 1. The van der Waals surface area contributed by atoms with Crippen LogP contribution >= 0.6 is 0 Å². The molecule has 3 heterocycles. The van der Waals surface area contributed by atoms with Gasteiger partial charge in [-0.25, -0.2) is 4.98 Å². The quantitative estimate of drug-likeness (QED) is 0.621. The van der Waals surface area contributed by atoms with E-state index in [0.29, 0.717) is 23.2 Å². The molecule has 0 saturated heterocycles. The van der Waals surface area contributed by atoms with Crippen molar-refractivity contribution in [2.24, 2.45) is 0 Å². The van der Waals surface area contributed by atoms with Crippen LogP contribution in [0.25, 0.3) is 34.4 Å². The van der Waals surface area contributed by atoms with Gasteiger partial charge in [0.15, 0.2) is 5.82 Å². The van der Waals surface area contributed by atoms with Gasteiger partial charge in [0.1, 0.15) is 11.5 Å². The summed E-state index contributed by atoms with van der Waals surface area (Å²) in [5, 5.41) is 11.1. The highest BCUT2D eigenvalue weighted by Gasteiger charge is 2.12. The van der Waals surface area contributed by atoms with Gasteiger partial charge in [-0.05, 0) is 24.3 Å². The third-order valence-corrected chi connectivity index (χ3v) is 3.58. The van der Waals surface area contributed by atoms with Crippen LogP contribution in [0, 0.1) is 0 Å². The van der Waals surface area contributed by atoms with Gasteiger partial charge in [-0.1, -0.05) is 30.3 Å². The average molecular weight is 318 g/mol. The standard InChI is InChI=1S/C17H14N6O/c1-2-14-19-15(22-21-14)11-6-8-12(9-7-11)17-20-16(23-24-17)13-5-3-4-10-18-13/h3-10H,2H2,1H3,(H,19,21,22). The summed E-state index contributed by atoms with van der Waals surface area (Å²) < 4.78 is 5.33. The molecule has 0 aliphatic carbocycles. The van der Waals surface area contributed by atoms with Gasteiger partial charge in [-0.3, -0.25) is 10.1 Å². The number of nitrogens with one attached hydrogen (secondary N) is 1. The molecule has 0 aliphatic rings. The van der Waals surface area contributed by atoms with E-state index in [-0.39, 0.29) is 0 Å². The number of hydrogen-bond donors (Lipinski definition) is 1. The summed E-state index contributed by atoms with van der Waals surface area (Å²) in [7, 11) is 0. The SMILES string of the molecule is CCc1nc(-c2ccc(-c3nc(-c4ccccn4)no3)cc2)n[nH]1. The number of rotatable bonds is 4. The van der Waals surface area contributed by atoms with Gasteiger partial charge in [-0.2, -0.15) is 10.1 Å². The summed E-state index contributed by atoms with van der Waals surface area (Å²) in [6.07, 6.45) is 2.52. The van der Waals surface area contributed by atoms with Gasteiger partial charge in [0.05, 0.1) is 0 Å². The van der Waals surface area contributed by atoms with E-state index < -0.39 is 0 Å². The fourth-order valence-corrected chi connectivity index (χ4v) is 2.28. The summed E-state index contributed by atoms with van der Waals surface area (Å²) in [5.41, 5.74) is 2.44. The number of H-pyrrole nitrogens is 1. The highest BCUT2D eigenvalue weighted by atomic mass is 16.5. The first-order valence-corrected chi connectivity index (χ1v) is 7.60. The molecule has 24 heavy (non-hydrogen) atoms. The van der Waals surface area contributed by atoms with Crippen LogP contribution in [0.15, 0.2) is 53.2 Å². The molecule has 1 aromatic carbocycles. The lowest BCUT2D eigenvalue weighted by Crippen LogP contribution is -1.85. The Morgan fingerprint density at radius 3 is 2.50 bits per heavy atom. The van der Waals surface area contributed by atoms with Crippen molar-refractivity contribution in [3.63, 3.8) is 0 Å². The molecule has 0 radical (unpaired) electrons. The molecular formula is C17H14N6O. The zero-order valence-corrected chi connectivity index (χ0v) is 13.0. The molecule has 0 spiro atoms. The topological polar surface area (TPSA) is 93.4 Å². The Hall–Kier alpha value is -3.35. The molecular weight excluding hydrogens is 304 g/mol. The van der Waals surface area contributed by atoms with Crippen LogP contribution in [0.4, 0.5) is 0 Å². The molecule has 0 amide bonds. The molecule has 7 heteroatoms. The van der Waals surface area contributed by atoms with Crippen LogP contribution in [-0.2, 0) is 6.42 Å². The van der Waals surface area contributed by atoms with Crippen LogP contribution in [0.5, 0.6) is 0 Å². The van der Waals surface area contributed by atoms with E-state index in [1.54, 1.807) is 6.20 Å². The molecule has 118 valence electrons. The van der Waals surface area contributed by atoms with Crippen LogP contribution in [0.1, 0.15) is 12.7 Å². The van der Waals surface area contributed by atoms with Gasteiger partial charge in [0.25, 0.3) is 5.89 Å². The van der Waals surface area contributed by atoms with Gasteiger partial charge in [-0.15, -0.1) is 0 Å². The van der Waals surface area contributed by atoms with Crippen molar-refractivity contribution >= 4 is 0 Å². The highest BCUT2D eigenvalue weighted by molar-refractivity contribution is 5.63. The van der Waals surface area contributed by atoms with Crippen molar-refractivity contribution in [2.75, 3.05) is 0 Å². The maximum absolute atomic E-state index is 5.33. The second-order valence-corrected chi connectivity index (χ2v) is 5.17. The van der Waals surface area contributed by atoms with Crippen molar-refractivity contribution in [1.29, 1.82) is 0 Å². The summed E-state index contributed by atoms with van der Waals surface area (Å²) >= 11 is 0. The molecule has 0 aliphatic heterocycles. The molecule has 4 aromatic rings. The lowest BCUT2D eigenvalue weighted by Gasteiger charge is -1.97. The minimum absolute atomic E-state index is 0.450. The second-order valence-electron chi connectivity index (χ2n) is 5.17. The van der Waals surface area contributed by atoms with Gasteiger partial charge in [0, 0.05) is 23.7 Å². The van der Waals surface area contributed by atoms with Gasteiger partial charge < -0.3 is 4.52 Å². The van der Waals surface area contributed by atoms with Crippen LogP contribution in [0.3, 0.4) is 0 Å². The Labute approximate surface area is 137 Å². The smallest absolute Gasteiger partial charge is 0.258 e. The first kappa shape index (κ1) is 14.3. The van der Waals surface area contributed by atoms with E-state index in [4.69, 9.17) is 4.52 Å². The minimum Gasteiger partial charge on any atom is -0.334 e. The normalized spacial score (nSPS) is 10.9. The monoisotopic (exact) mass is 318 g/mol. The van der Waals surface area contributed by atoms with Gasteiger partial charge >= 0.3 is 0 Å². The lowest BCUT2D eigenvalue weighted by molar-refractivity contribution is 0.432. The molecule has 7 nitrogen and oxygen atoms in total. The largest absolute Gasteiger partial charge is 0.334 e. The van der Waals surface area contributed by atoms with Crippen molar-refractivity contribution in [2.45, 2.75) is 13.3 Å². The minimum atomic E-state index is 0.450. The van der Waals surface area contributed by atoms with E-state index in [1.165, 1.54) is 0 Å². The number of aromatic nitrogens is 6. The van der Waals surface area contributed by atoms with Crippen molar-refractivity contribution in [3.05, 3.63) is 54.5 Å². The molecule has 3 aromatic heterocycles. The predicted octanol–water partition coefficient (Wildman–Crippen LogP) is 3.15. The average Bonchev–Trinajstić information content (AvgIpc) is 3.32. The summed E-state index contributed by atoms with van der Waals surface area (Å²) in [6, 6.07) is 13.3. The van der Waals surface area contributed by atoms with E-state index in [1.807, 2.05) is 49.4 Å². The Morgan fingerprint density at radius 2 is 1.79 bits per heavy atom. The molecule has 0 atom stereocenters. The molecule has 0 saturated carbocycles. The van der Waals surface area contributed by atoms with Crippen molar-refractivity contribution in [1.82, 2.24) is 30.3 Å². The first-order valence-electron chi connectivity index (χ1n) is 7.60. The van der Waals surface area contributed by atoms with Crippen LogP contribution < -0.4 is 0 Å². The van der Waals surface area contributed by atoms with Crippen LogP contribution in [-0.4, -0.2) is 30.3 Å². The summed E-state index contributed by atoms with van der Waals surface area (Å²) in [5.74, 6) is 2.46. The lowest BCUT2D eigenvalue weighted by atomic mass is 10.1. The van der Waals surface area contributed by atoms with Gasteiger partial charge in [0.2, 0.25) is 5.82 Å². The van der Waals surface area contributed by atoms with E-state index in [2.05, 4.69) is 30.3 Å². The number of benzene rings is 1. The third kappa shape index (κ3) is 2.67. The van der Waals surface area contributed by atoms with Crippen molar-refractivity contribution in [3.8, 4) is 34.4 Å². The first-order chi connectivity index (χ1) is 11.8. The van der Waals surface area contributed by atoms with Crippen LogP contribution in [0.2, 0.25) is 0 Å². The zero-order chi connectivity index (χ0) is 16.4. The number of pyridine rings is 1. The third-order valence-electron chi connectivity index (χ3n) is 3.58. The maximum Gasteiger partial charge on any atom is 0.258 e. The van der Waals surface area contributed by atoms with Crippen molar-refractivity contribution < 1.29 is 4.52 Å². The summed E-state index contributed by atoms with van der Waals surface area (Å²) in [4.78, 5) is 13.0. The predicted molar refractivity (Wildman–Crippen MR) is 87.7 cm³/mol. The number of nitrogens with zero attached hydrogens (tertiary/aromatic N) is 5. The molecule has 4 rings (SSSR count). The Balaban J connectivity index is 1.60. The van der Waals surface area contributed by atoms with E-state index in [9.17, 15) is 0 Å². The molecule has 0 bridgehead atoms. The molecule has 0 fully saturated rings. The fourth-order valence-electron chi connectivity index (χ4n) is 2.28. The zero-order valence-electron chi connectivity index (χ0n) is 13.0.